The van der Waals surface area contributed by atoms with E-state index >= 15 is 0 Å². The van der Waals surface area contributed by atoms with Gasteiger partial charge in [-0.25, -0.2) is 4.79 Å². The molecule has 1 saturated heterocycles. The fourth-order valence-electron chi connectivity index (χ4n) is 4.78. The second kappa shape index (κ2) is 13.2. The van der Waals surface area contributed by atoms with Gasteiger partial charge in [0.05, 0.1) is 25.8 Å². The van der Waals surface area contributed by atoms with Gasteiger partial charge in [-0.15, -0.1) is 0 Å². The van der Waals surface area contributed by atoms with Crippen LogP contribution in [0.2, 0.25) is 0 Å². The Bertz CT molecular complexity index is 1270. The first kappa shape index (κ1) is 28.8. The van der Waals surface area contributed by atoms with Crippen LogP contribution in [0.5, 0.6) is 5.75 Å². The number of hydrogen-bond donors (Lipinski definition) is 3. The predicted molar refractivity (Wildman–Crippen MR) is 158 cm³/mol. The number of nitrogens with one attached hydrogen (secondary N) is 2. The van der Waals surface area contributed by atoms with Crippen LogP contribution in [0.15, 0.2) is 78.9 Å². The first-order valence-electron chi connectivity index (χ1n) is 13.4. The molecule has 1 aliphatic rings. The minimum atomic E-state index is -0.857. The maximum atomic E-state index is 13.4. The highest BCUT2D eigenvalue weighted by Crippen LogP contribution is 2.21. The van der Waals surface area contributed by atoms with Gasteiger partial charge in [-0.05, 0) is 47.9 Å². The lowest BCUT2D eigenvalue weighted by Gasteiger charge is -2.30. The van der Waals surface area contributed by atoms with Crippen LogP contribution in [-0.2, 0) is 17.8 Å². The Balaban J connectivity index is 1.42. The number of ether oxygens (including phenoxy) is 1. The highest BCUT2D eigenvalue weighted by molar-refractivity contribution is 5.90. The Morgan fingerprint density at radius 2 is 1.73 bits per heavy atom. The second-order valence-corrected chi connectivity index (χ2v) is 10.4. The summed E-state index contributed by atoms with van der Waals surface area (Å²) in [7, 11) is 7.50. The van der Waals surface area contributed by atoms with Crippen LogP contribution in [-0.4, -0.2) is 81.5 Å². The van der Waals surface area contributed by atoms with Crippen molar-refractivity contribution < 1.29 is 19.4 Å². The van der Waals surface area contributed by atoms with Crippen LogP contribution in [0, 0.1) is 0 Å². The molecular weight excluding hydrogens is 506 g/mol. The predicted octanol–water partition coefficient (Wildman–Crippen LogP) is 2.88. The molecule has 212 valence electrons. The number of aliphatic hydroxyl groups is 1. The van der Waals surface area contributed by atoms with Crippen LogP contribution in [0.25, 0.3) is 0 Å². The summed E-state index contributed by atoms with van der Waals surface area (Å²) >= 11 is 0. The lowest BCUT2D eigenvalue weighted by molar-refractivity contribution is -0.124. The van der Waals surface area contributed by atoms with Gasteiger partial charge in [0.25, 0.3) is 0 Å². The molecule has 0 aromatic heterocycles. The van der Waals surface area contributed by atoms with Crippen molar-refractivity contribution in [2.24, 2.45) is 0 Å². The SMILES string of the molecule is COc1ccc(CN2C[C@@H](C(=O)N[C@@H](Cc3ccccc3)[C@H](O)CN(C)c3cccc(N(C)C)c3)NC2=O)cc1. The van der Waals surface area contributed by atoms with E-state index in [9.17, 15) is 14.7 Å². The van der Waals surface area contributed by atoms with E-state index in [1.807, 2.05) is 104 Å². The van der Waals surface area contributed by atoms with Crippen LogP contribution in [0.4, 0.5) is 16.2 Å². The summed E-state index contributed by atoms with van der Waals surface area (Å²) in [6.45, 7) is 0.934. The second-order valence-electron chi connectivity index (χ2n) is 10.4. The van der Waals surface area contributed by atoms with E-state index in [-0.39, 0.29) is 18.5 Å². The zero-order chi connectivity index (χ0) is 28.6. The molecule has 3 atom stereocenters. The van der Waals surface area contributed by atoms with Crippen molar-refractivity contribution >= 4 is 23.3 Å². The minimum absolute atomic E-state index is 0.238. The fourth-order valence-corrected chi connectivity index (χ4v) is 4.78. The molecule has 9 nitrogen and oxygen atoms in total. The van der Waals surface area contributed by atoms with E-state index < -0.39 is 18.2 Å². The number of methoxy groups -OCH3 is 1. The van der Waals surface area contributed by atoms with Crippen LogP contribution < -0.4 is 25.2 Å². The molecule has 0 saturated carbocycles. The standard InChI is InChI=1S/C31H39N5O4/c1-34(2)24-11-8-12-25(18-24)35(3)21-29(37)27(17-22-9-6-5-7-10-22)32-30(38)28-20-36(31(39)33-28)19-23-13-15-26(40-4)16-14-23/h5-16,18,27-29,37H,17,19-21H2,1-4H3,(H,32,38)(H,33,39)/t27-,28-,29+/m0/s1. The maximum Gasteiger partial charge on any atom is 0.318 e. The summed E-state index contributed by atoms with van der Waals surface area (Å²) < 4.78 is 5.20. The molecule has 1 aliphatic heterocycles. The van der Waals surface area contributed by atoms with Gasteiger partial charge in [-0.1, -0.05) is 48.5 Å². The third-order valence-corrected chi connectivity index (χ3v) is 7.18. The van der Waals surface area contributed by atoms with Crippen molar-refractivity contribution in [1.82, 2.24) is 15.5 Å². The first-order valence-corrected chi connectivity index (χ1v) is 13.4. The van der Waals surface area contributed by atoms with Crippen LogP contribution >= 0.6 is 0 Å². The van der Waals surface area contributed by atoms with E-state index in [2.05, 4.69) is 16.7 Å². The Morgan fingerprint density at radius 1 is 1.02 bits per heavy atom. The Morgan fingerprint density at radius 3 is 2.40 bits per heavy atom. The third-order valence-electron chi connectivity index (χ3n) is 7.18. The molecule has 0 bridgehead atoms. The Kier molecular flexibility index (Phi) is 9.50. The third kappa shape index (κ3) is 7.45. The maximum absolute atomic E-state index is 13.4. The molecule has 0 spiro atoms. The van der Waals surface area contributed by atoms with Crippen molar-refractivity contribution in [3.63, 3.8) is 0 Å². The summed E-state index contributed by atoms with van der Waals surface area (Å²) in [6, 6.07) is 23.8. The fraction of sp³-hybridized carbons (Fsp3) is 0.355. The number of anilines is 2. The molecule has 1 fully saturated rings. The van der Waals surface area contributed by atoms with E-state index in [4.69, 9.17) is 4.74 Å². The topological polar surface area (TPSA) is 97.4 Å². The number of aliphatic hydroxyl groups excluding tert-OH is 1. The van der Waals surface area contributed by atoms with Gasteiger partial charge in [-0.2, -0.15) is 0 Å². The molecule has 0 unspecified atom stereocenters. The molecule has 0 aliphatic carbocycles. The summed E-state index contributed by atoms with van der Waals surface area (Å²) in [5, 5.41) is 17.2. The van der Waals surface area contributed by atoms with Gasteiger partial charge < -0.3 is 35.2 Å². The van der Waals surface area contributed by atoms with Crippen molar-refractivity contribution in [2.75, 3.05) is 51.1 Å². The Labute approximate surface area is 236 Å². The average molecular weight is 546 g/mol. The first-order chi connectivity index (χ1) is 19.2. The Hall–Kier alpha value is -4.24. The highest BCUT2D eigenvalue weighted by Gasteiger charge is 2.35. The summed E-state index contributed by atoms with van der Waals surface area (Å²) in [4.78, 5) is 31.6. The largest absolute Gasteiger partial charge is 0.497 e. The van der Waals surface area contributed by atoms with E-state index in [1.165, 1.54) is 0 Å². The van der Waals surface area contributed by atoms with Gasteiger partial charge in [0.1, 0.15) is 11.8 Å². The lowest BCUT2D eigenvalue weighted by atomic mass is 10.00. The van der Waals surface area contributed by atoms with Crippen molar-refractivity contribution in [3.8, 4) is 5.75 Å². The van der Waals surface area contributed by atoms with Crippen LogP contribution in [0.1, 0.15) is 11.1 Å². The number of likely N-dealkylation sites (N-methyl/N-ethyl adjacent to an activating group) is 1. The number of amides is 3. The molecule has 1 heterocycles. The molecule has 4 rings (SSSR count). The van der Waals surface area contributed by atoms with Gasteiger partial charge in [0.15, 0.2) is 0 Å². The molecule has 3 aromatic rings. The lowest BCUT2D eigenvalue weighted by Crippen LogP contribution is -2.53. The summed E-state index contributed by atoms with van der Waals surface area (Å²) in [5.74, 6) is 0.425. The molecule has 3 amide bonds. The number of rotatable bonds is 12. The van der Waals surface area contributed by atoms with Gasteiger partial charge in [-0.3, -0.25) is 4.79 Å². The number of benzene rings is 3. The number of urea groups is 1. The van der Waals surface area contributed by atoms with E-state index in [0.717, 1.165) is 28.3 Å². The number of nitrogens with zero attached hydrogens (tertiary/aromatic N) is 3. The van der Waals surface area contributed by atoms with E-state index in [0.29, 0.717) is 19.5 Å². The van der Waals surface area contributed by atoms with E-state index in [1.54, 1.807) is 12.0 Å². The zero-order valence-electron chi connectivity index (χ0n) is 23.6. The number of carbonyl (C=O) groups excluding carboxylic acids is 2. The molecule has 3 N–H and O–H groups in total. The molecular formula is C31H39N5O4. The van der Waals surface area contributed by atoms with Crippen molar-refractivity contribution in [3.05, 3.63) is 90.0 Å². The van der Waals surface area contributed by atoms with Crippen molar-refractivity contribution in [2.45, 2.75) is 31.2 Å². The monoisotopic (exact) mass is 545 g/mol. The quantitative estimate of drug-likeness (QED) is 0.324. The molecule has 9 heteroatoms. The van der Waals surface area contributed by atoms with Gasteiger partial charge >= 0.3 is 6.03 Å². The summed E-state index contributed by atoms with van der Waals surface area (Å²) in [5.41, 5.74) is 3.97. The minimum Gasteiger partial charge on any atom is -0.497 e. The normalized spacial score (nSPS) is 16.2. The highest BCUT2D eigenvalue weighted by atomic mass is 16.5. The number of carbonyl (C=O) groups is 2. The summed E-state index contributed by atoms with van der Waals surface area (Å²) in [6.07, 6.45) is -0.403. The number of hydrogen-bond acceptors (Lipinski definition) is 6. The average Bonchev–Trinajstić information content (AvgIpc) is 3.33. The molecule has 40 heavy (non-hydrogen) atoms. The van der Waals surface area contributed by atoms with Gasteiger partial charge in [0, 0.05) is 45.6 Å². The molecule has 0 radical (unpaired) electrons. The smallest absolute Gasteiger partial charge is 0.318 e. The van der Waals surface area contributed by atoms with Crippen molar-refractivity contribution in [1.29, 1.82) is 0 Å². The van der Waals surface area contributed by atoms with Gasteiger partial charge in [0.2, 0.25) is 5.91 Å². The zero-order valence-corrected chi connectivity index (χ0v) is 23.6. The molecule has 3 aromatic carbocycles. The van der Waals surface area contributed by atoms with Crippen LogP contribution in [0.3, 0.4) is 0 Å².